The van der Waals surface area contributed by atoms with Gasteiger partial charge in [0, 0.05) is 21.8 Å². The van der Waals surface area contributed by atoms with Crippen LogP contribution in [0.4, 0.5) is 5.69 Å². The standard InChI is InChI=1S/C17H18Cl2N2O.C2H2O4/c1-11(2)20-16(12-6-4-3-5-7-12)17(22)21-15-9-13(18)8-14(19)10-15;3-1(4)2(5)6/h3-11,16,20H,1-2H3,(H,21,22);(H,3,4)(H,5,6). The molecule has 0 spiro atoms. The van der Waals surface area contributed by atoms with Crippen LogP contribution in [-0.2, 0) is 14.4 Å². The second kappa shape index (κ2) is 11.3. The van der Waals surface area contributed by atoms with Crippen LogP contribution < -0.4 is 10.6 Å². The average Bonchev–Trinajstić information content (AvgIpc) is 2.59. The zero-order valence-electron chi connectivity index (χ0n) is 15.1. The van der Waals surface area contributed by atoms with Gasteiger partial charge in [0.2, 0.25) is 5.91 Å². The number of halogens is 2. The van der Waals surface area contributed by atoms with Crippen molar-refractivity contribution in [2.45, 2.75) is 25.9 Å². The average molecular weight is 427 g/mol. The molecule has 4 N–H and O–H groups in total. The highest BCUT2D eigenvalue weighted by Gasteiger charge is 2.21. The van der Waals surface area contributed by atoms with E-state index in [2.05, 4.69) is 10.6 Å². The van der Waals surface area contributed by atoms with Crippen molar-refractivity contribution < 1.29 is 24.6 Å². The molecular weight excluding hydrogens is 407 g/mol. The van der Waals surface area contributed by atoms with E-state index in [1.165, 1.54) is 0 Å². The molecule has 0 aliphatic heterocycles. The van der Waals surface area contributed by atoms with Crippen LogP contribution >= 0.6 is 23.2 Å². The first-order chi connectivity index (χ1) is 13.1. The molecule has 2 rings (SSSR count). The summed E-state index contributed by atoms with van der Waals surface area (Å²) < 4.78 is 0. The fourth-order valence-corrected chi connectivity index (χ4v) is 2.67. The van der Waals surface area contributed by atoms with Gasteiger partial charge < -0.3 is 15.5 Å². The van der Waals surface area contributed by atoms with Crippen LogP contribution in [0.2, 0.25) is 10.0 Å². The number of amides is 1. The maximum Gasteiger partial charge on any atom is 0.414 e. The number of rotatable bonds is 5. The van der Waals surface area contributed by atoms with Crippen LogP contribution in [-0.4, -0.2) is 34.1 Å². The van der Waals surface area contributed by atoms with Crippen LogP contribution in [0.25, 0.3) is 0 Å². The number of hydrogen-bond acceptors (Lipinski definition) is 4. The zero-order valence-corrected chi connectivity index (χ0v) is 16.7. The van der Waals surface area contributed by atoms with Crippen molar-refractivity contribution in [1.82, 2.24) is 5.32 Å². The monoisotopic (exact) mass is 426 g/mol. The summed E-state index contributed by atoms with van der Waals surface area (Å²) >= 11 is 11.9. The molecule has 0 saturated carbocycles. The van der Waals surface area contributed by atoms with Gasteiger partial charge in [0.15, 0.2) is 0 Å². The fourth-order valence-electron chi connectivity index (χ4n) is 2.14. The van der Waals surface area contributed by atoms with Crippen LogP contribution in [0.5, 0.6) is 0 Å². The number of carboxylic acid groups (broad SMARTS) is 2. The lowest BCUT2D eigenvalue weighted by Gasteiger charge is -2.21. The number of carboxylic acids is 2. The lowest BCUT2D eigenvalue weighted by molar-refractivity contribution is -0.159. The quantitative estimate of drug-likeness (QED) is 0.539. The first kappa shape index (κ1) is 23.4. The van der Waals surface area contributed by atoms with Crippen LogP contribution in [0.3, 0.4) is 0 Å². The first-order valence-electron chi connectivity index (χ1n) is 8.14. The Bertz CT molecular complexity index is 796. The van der Waals surface area contributed by atoms with Crippen molar-refractivity contribution in [2.24, 2.45) is 0 Å². The second-order valence-corrected chi connectivity index (χ2v) is 6.80. The summed E-state index contributed by atoms with van der Waals surface area (Å²) in [6, 6.07) is 14.3. The van der Waals surface area contributed by atoms with Crippen LogP contribution in [0.1, 0.15) is 25.5 Å². The number of benzene rings is 2. The van der Waals surface area contributed by atoms with Gasteiger partial charge in [0.25, 0.3) is 0 Å². The Morgan fingerprint density at radius 2 is 1.39 bits per heavy atom. The van der Waals surface area contributed by atoms with Gasteiger partial charge in [-0.05, 0) is 37.6 Å². The summed E-state index contributed by atoms with van der Waals surface area (Å²) in [5.41, 5.74) is 1.48. The third kappa shape index (κ3) is 8.39. The molecule has 0 fully saturated rings. The van der Waals surface area contributed by atoms with E-state index in [1.54, 1.807) is 18.2 Å². The summed E-state index contributed by atoms with van der Waals surface area (Å²) in [6.07, 6.45) is 0. The van der Waals surface area contributed by atoms with Crippen molar-refractivity contribution in [3.63, 3.8) is 0 Å². The maximum absolute atomic E-state index is 12.6. The molecule has 0 aliphatic rings. The van der Waals surface area contributed by atoms with Gasteiger partial charge in [-0.15, -0.1) is 0 Å². The molecule has 1 atom stereocenters. The van der Waals surface area contributed by atoms with E-state index in [9.17, 15) is 4.79 Å². The van der Waals surface area contributed by atoms with E-state index in [-0.39, 0.29) is 11.9 Å². The smallest absolute Gasteiger partial charge is 0.414 e. The van der Waals surface area contributed by atoms with Crippen molar-refractivity contribution in [1.29, 1.82) is 0 Å². The zero-order chi connectivity index (χ0) is 21.3. The molecule has 0 saturated heterocycles. The van der Waals surface area contributed by atoms with E-state index < -0.39 is 18.0 Å². The number of carbonyl (C=O) groups is 3. The van der Waals surface area contributed by atoms with Gasteiger partial charge in [0.1, 0.15) is 6.04 Å². The van der Waals surface area contributed by atoms with Crippen molar-refractivity contribution in [2.75, 3.05) is 5.32 Å². The molecule has 2 aromatic carbocycles. The highest BCUT2D eigenvalue weighted by atomic mass is 35.5. The Morgan fingerprint density at radius 3 is 1.82 bits per heavy atom. The lowest BCUT2D eigenvalue weighted by Crippen LogP contribution is -2.36. The molecule has 0 aromatic heterocycles. The molecule has 2 aromatic rings. The van der Waals surface area contributed by atoms with Crippen LogP contribution in [0, 0.1) is 0 Å². The molecular formula is C19H20Cl2N2O5. The molecule has 150 valence electrons. The predicted octanol–water partition coefficient (Wildman–Crippen LogP) is 3.83. The number of hydrogen-bond donors (Lipinski definition) is 4. The van der Waals surface area contributed by atoms with E-state index in [0.29, 0.717) is 15.7 Å². The molecule has 1 unspecified atom stereocenters. The minimum absolute atomic E-state index is 0.154. The minimum Gasteiger partial charge on any atom is -0.473 e. The Labute approximate surface area is 172 Å². The summed E-state index contributed by atoms with van der Waals surface area (Å²) in [5.74, 6) is -3.80. The highest BCUT2D eigenvalue weighted by molar-refractivity contribution is 6.35. The van der Waals surface area contributed by atoms with Gasteiger partial charge in [0.05, 0.1) is 0 Å². The topological polar surface area (TPSA) is 116 Å². The van der Waals surface area contributed by atoms with Gasteiger partial charge in [-0.3, -0.25) is 10.1 Å². The van der Waals surface area contributed by atoms with E-state index >= 15 is 0 Å². The predicted molar refractivity (Wildman–Crippen MR) is 108 cm³/mol. The third-order valence-electron chi connectivity index (χ3n) is 3.21. The Morgan fingerprint density at radius 1 is 0.893 bits per heavy atom. The molecule has 0 heterocycles. The Hall–Kier alpha value is -2.61. The maximum atomic E-state index is 12.6. The molecule has 9 heteroatoms. The minimum atomic E-state index is -1.82. The van der Waals surface area contributed by atoms with E-state index in [4.69, 9.17) is 43.0 Å². The molecule has 7 nitrogen and oxygen atoms in total. The largest absolute Gasteiger partial charge is 0.473 e. The van der Waals surface area contributed by atoms with Crippen molar-refractivity contribution in [3.05, 3.63) is 64.1 Å². The van der Waals surface area contributed by atoms with E-state index in [1.807, 2.05) is 44.2 Å². The van der Waals surface area contributed by atoms with Gasteiger partial charge >= 0.3 is 11.9 Å². The van der Waals surface area contributed by atoms with E-state index in [0.717, 1.165) is 5.56 Å². The number of carbonyl (C=O) groups excluding carboxylic acids is 1. The van der Waals surface area contributed by atoms with Crippen molar-refractivity contribution in [3.8, 4) is 0 Å². The Balaban J connectivity index is 0.000000568. The lowest BCUT2D eigenvalue weighted by atomic mass is 10.1. The summed E-state index contributed by atoms with van der Waals surface area (Å²) in [5, 5.41) is 21.9. The highest BCUT2D eigenvalue weighted by Crippen LogP contribution is 2.24. The number of aliphatic carboxylic acids is 2. The second-order valence-electron chi connectivity index (χ2n) is 5.92. The molecule has 0 aliphatic carbocycles. The fraction of sp³-hybridized carbons (Fsp3) is 0.211. The molecule has 1 amide bonds. The van der Waals surface area contributed by atoms with Gasteiger partial charge in [-0.2, -0.15) is 0 Å². The summed E-state index contributed by atoms with van der Waals surface area (Å²) in [7, 11) is 0. The molecule has 0 bridgehead atoms. The van der Waals surface area contributed by atoms with Gasteiger partial charge in [-0.1, -0.05) is 53.5 Å². The van der Waals surface area contributed by atoms with Gasteiger partial charge in [-0.25, -0.2) is 9.59 Å². The normalized spacial score (nSPS) is 11.2. The van der Waals surface area contributed by atoms with Crippen molar-refractivity contribution >= 4 is 46.7 Å². The molecule has 0 radical (unpaired) electrons. The number of anilines is 1. The molecule has 28 heavy (non-hydrogen) atoms. The number of nitrogens with one attached hydrogen (secondary N) is 2. The summed E-state index contributed by atoms with van der Waals surface area (Å²) in [6.45, 7) is 4.00. The SMILES string of the molecule is CC(C)NC(C(=O)Nc1cc(Cl)cc(Cl)c1)c1ccccc1.O=C(O)C(=O)O. The summed E-state index contributed by atoms with van der Waals surface area (Å²) in [4.78, 5) is 30.8. The Kier molecular flexibility index (Phi) is 9.44. The van der Waals surface area contributed by atoms with Crippen LogP contribution in [0.15, 0.2) is 48.5 Å². The third-order valence-corrected chi connectivity index (χ3v) is 3.64. The first-order valence-corrected chi connectivity index (χ1v) is 8.90.